The third-order valence-corrected chi connectivity index (χ3v) is 2.97. The van der Waals surface area contributed by atoms with Crippen molar-refractivity contribution in [2.24, 2.45) is 0 Å². The third kappa shape index (κ3) is 4.00. The molecule has 1 aromatic carbocycles. The molecule has 2 nitrogen and oxygen atoms in total. The van der Waals surface area contributed by atoms with Crippen LogP contribution in [0.1, 0.15) is 38.7 Å². The van der Waals surface area contributed by atoms with E-state index in [2.05, 4.69) is 19.2 Å². The van der Waals surface area contributed by atoms with Crippen LogP contribution < -0.4 is 10.1 Å². The van der Waals surface area contributed by atoms with Gasteiger partial charge in [0.25, 0.3) is 0 Å². The summed E-state index contributed by atoms with van der Waals surface area (Å²) in [5.74, 6) is 0.0571. The molecule has 1 atom stereocenters. The Balaban J connectivity index is 2.62. The van der Waals surface area contributed by atoms with Crippen molar-refractivity contribution in [2.75, 3.05) is 7.11 Å². The molecule has 0 bridgehead atoms. The van der Waals surface area contributed by atoms with Gasteiger partial charge in [0.2, 0.25) is 0 Å². The SMILES string of the molecule is CCCC(CC)NCc1cccc(OC)c1F. The molecule has 0 heterocycles. The monoisotopic (exact) mass is 239 g/mol. The Morgan fingerprint density at radius 3 is 2.71 bits per heavy atom. The van der Waals surface area contributed by atoms with Gasteiger partial charge in [0.15, 0.2) is 11.6 Å². The Bertz CT molecular complexity index is 341. The second kappa shape index (κ2) is 7.28. The summed E-state index contributed by atoms with van der Waals surface area (Å²) >= 11 is 0. The van der Waals surface area contributed by atoms with Gasteiger partial charge in [-0.2, -0.15) is 0 Å². The van der Waals surface area contributed by atoms with Crippen LogP contribution in [-0.4, -0.2) is 13.2 Å². The molecule has 3 heteroatoms. The van der Waals surface area contributed by atoms with E-state index in [0.29, 0.717) is 23.9 Å². The van der Waals surface area contributed by atoms with E-state index in [1.807, 2.05) is 6.07 Å². The van der Waals surface area contributed by atoms with Gasteiger partial charge in [-0.15, -0.1) is 0 Å². The summed E-state index contributed by atoms with van der Waals surface area (Å²) in [6, 6.07) is 5.72. The first-order valence-corrected chi connectivity index (χ1v) is 6.27. The minimum Gasteiger partial charge on any atom is -0.494 e. The Hall–Kier alpha value is -1.09. The number of rotatable bonds is 7. The molecular formula is C14H22FNO. The van der Waals surface area contributed by atoms with E-state index >= 15 is 0 Å². The average molecular weight is 239 g/mol. The van der Waals surface area contributed by atoms with Crippen LogP contribution in [-0.2, 0) is 6.54 Å². The number of benzene rings is 1. The Labute approximate surface area is 103 Å². The summed E-state index contributed by atoms with van der Waals surface area (Å²) in [6.07, 6.45) is 3.34. The molecular weight excluding hydrogens is 217 g/mol. The van der Waals surface area contributed by atoms with Gasteiger partial charge in [-0.05, 0) is 18.9 Å². The third-order valence-electron chi connectivity index (χ3n) is 2.97. The van der Waals surface area contributed by atoms with Gasteiger partial charge in [0.05, 0.1) is 7.11 Å². The van der Waals surface area contributed by atoms with Crippen LogP contribution in [0.2, 0.25) is 0 Å². The maximum atomic E-state index is 13.8. The zero-order valence-corrected chi connectivity index (χ0v) is 10.9. The predicted octanol–water partition coefficient (Wildman–Crippen LogP) is 3.50. The van der Waals surface area contributed by atoms with Gasteiger partial charge in [-0.25, -0.2) is 4.39 Å². The maximum Gasteiger partial charge on any atom is 0.169 e. The highest BCUT2D eigenvalue weighted by Crippen LogP contribution is 2.20. The van der Waals surface area contributed by atoms with Crippen molar-refractivity contribution in [1.29, 1.82) is 0 Å². The molecule has 0 saturated carbocycles. The zero-order valence-electron chi connectivity index (χ0n) is 10.9. The molecule has 0 saturated heterocycles. The number of halogens is 1. The van der Waals surface area contributed by atoms with Gasteiger partial charge in [0, 0.05) is 18.2 Å². The molecule has 17 heavy (non-hydrogen) atoms. The van der Waals surface area contributed by atoms with Gasteiger partial charge in [-0.1, -0.05) is 32.4 Å². The van der Waals surface area contributed by atoms with E-state index in [1.54, 1.807) is 12.1 Å². The van der Waals surface area contributed by atoms with Crippen molar-refractivity contribution >= 4 is 0 Å². The van der Waals surface area contributed by atoms with Gasteiger partial charge in [-0.3, -0.25) is 0 Å². The topological polar surface area (TPSA) is 21.3 Å². The number of methoxy groups -OCH3 is 1. The minimum atomic E-state index is -0.256. The zero-order chi connectivity index (χ0) is 12.7. The normalized spacial score (nSPS) is 12.5. The molecule has 0 aliphatic rings. The highest BCUT2D eigenvalue weighted by molar-refractivity contribution is 5.30. The molecule has 1 rings (SSSR count). The number of hydrogen-bond acceptors (Lipinski definition) is 2. The molecule has 0 fully saturated rings. The van der Waals surface area contributed by atoms with Crippen LogP contribution in [0.25, 0.3) is 0 Å². The van der Waals surface area contributed by atoms with E-state index < -0.39 is 0 Å². The van der Waals surface area contributed by atoms with Crippen LogP contribution >= 0.6 is 0 Å². The van der Waals surface area contributed by atoms with Crippen LogP contribution in [0.5, 0.6) is 5.75 Å². The fourth-order valence-electron chi connectivity index (χ4n) is 1.90. The molecule has 0 radical (unpaired) electrons. The highest BCUT2D eigenvalue weighted by Gasteiger charge is 2.10. The number of hydrogen-bond donors (Lipinski definition) is 1. The largest absolute Gasteiger partial charge is 0.494 e. The molecule has 1 unspecified atom stereocenters. The van der Waals surface area contributed by atoms with Crippen molar-refractivity contribution < 1.29 is 9.13 Å². The van der Waals surface area contributed by atoms with Crippen LogP contribution in [0, 0.1) is 5.82 Å². The fourth-order valence-corrected chi connectivity index (χ4v) is 1.90. The summed E-state index contributed by atoms with van der Waals surface area (Å²) in [4.78, 5) is 0. The second-order valence-electron chi connectivity index (χ2n) is 4.21. The van der Waals surface area contributed by atoms with E-state index in [1.165, 1.54) is 7.11 Å². The van der Waals surface area contributed by atoms with Crippen LogP contribution in [0.3, 0.4) is 0 Å². The molecule has 1 aromatic rings. The first-order valence-electron chi connectivity index (χ1n) is 6.27. The maximum absolute atomic E-state index is 13.8. The van der Waals surface area contributed by atoms with Crippen molar-refractivity contribution in [3.8, 4) is 5.75 Å². The molecule has 0 aliphatic heterocycles. The lowest BCUT2D eigenvalue weighted by molar-refractivity contribution is 0.381. The quantitative estimate of drug-likeness (QED) is 0.786. The predicted molar refractivity (Wildman–Crippen MR) is 68.8 cm³/mol. The van der Waals surface area contributed by atoms with Crippen molar-refractivity contribution in [2.45, 2.75) is 45.7 Å². The first kappa shape index (κ1) is 14.0. The number of nitrogens with one attached hydrogen (secondary N) is 1. The van der Waals surface area contributed by atoms with Crippen molar-refractivity contribution in [3.63, 3.8) is 0 Å². The molecule has 1 N–H and O–H groups in total. The first-order chi connectivity index (χ1) is 8.22. The molecule has 0 aliphatic carbocycles. The highest BCUT2D eigenvalue weighted by atomic mass is 19.1. The molecule has 96 valence electrons. The Kier molecular flexibility index (Phi) is 5.98. The van der Waals surface area contributed by atoms with Gasteiger partial charge in [0.1, 0.15) is 0 Å². The number of ether oxygens (including phenoxy) is 1. The molecule has 0 spiro atoms. The van der Waals surface area contributed by atoms with E-state index in [-0.39, 0.29) is 5.82 Å². The summed E-state index contributed by atoms with van der Waals surface area (Å²) in [6.45, 7) is 4.87. The lowest BCUT2D eigenvalue weighted by atomic mass is 10.1. The summed E-state index contributed by atoms with van der Waals surface area (Å²) in [5.41, 5.74) is 0.666. The standard InChI is InChI=1S/C14H22FNO/c1-4-7-12(5-2)16-10-11-8-6-9-13(17-3)14(11)15/h6,8-9,12,16H,4-5,7,10H2,1-3H3. The van der Waals surface area contributed by atoms with Gasteiger partial charge < -0.3 is 10.1 Å². The second-order valence-corrected chi connectivity index (χ2v) is 4.21. The van der Waals surface area contributed by atoms with Gasteiger partial charge >= 0.3 is 0 Å². The Morgan fingerprint density at radius 1 is 1.35 bits per heavy atom. The van der Waals surface area contributed by atoms with Crippen molar-refractivity contribution in [1.82, 2.24) is 5.32 Å². The average Bonchev–Trinajstić information content (AvgIpc) is 2.36. The summed E-state index contributed by atoms with van der Waals surface area (Å²) in [7, 11) is 1.49. The van der Waals surface area contributed by atoms with Crippen LogP contribution in [0.15, 0.2) is 18.2 Å². The fraction of sp³-hybridized carbons (Fsp3) is 0.571. The molecule has 0 aromatic heterocycles. The summed E-state index contributed by atoms with van der Waals surface area (Å²) < 4.78 is 18.8. The lowest BCUT2D eigenvalue weighted by Crippen LogP contribution is -2.28. The van der Waals surface area contributed by atoms with E-state index in [0.717, 1.165) is 19.3 Å². The summed E-state index contributed by atoms with van der Waals surface area (Å²) in [5, 5.41) is 3.38. The van der Waals surface area contributed by atoms with E-state index in [4.69, 9.17) is 4.74 Å². The lowest BCUT2D eigenvalue weighted by Gasteiger charge is -2.16. The minimum absolute atomic E-state index is 0.256. The molecule has 0 amide bonds. The smallest absolute Gasteiger partial charge is 0.169 e. The van der Waals surface area contributed by atoms with Crippen molar-refractivity contribution in [3.05, 3.63) is 29.6 Å². The Morgan fingerprint density at radius 2 is 2.12 bits per heavy atom. The van der Waals surface area contributed by atoms with E-state index in [9.17, 15) is 4.39 Å². The van der Waals surface area contributed by atoms with Crippen LogP contribution in [0.4, 0.5) is 4.39 Å².